The van der Waals surface area contributed by atoms with Crippen LogP contribution in [0.15, 0.2) is 48.5 Å². The normalized spacial score (nSPS) is 18.5. The maximum Gasteiger partial charge on any atom is 0.131 e. The van der Waals surface area contributed by atoms with Crippen LogP contribution in [0, 0.1) is 24.6 Å². The molecular formula is C29H37FN2S. The minimum atomic E-state index is -0.155. The Bertz CT molecular complexity index is 1040. The van der Waals surface area contributed by atoms with Gasteiger partial charge in [0.1, 0.15) is 11.5 Å². The molecule has 176 valence electrons. The second-order valence-electron chi connectivity index (χ2n) is 9.62. The number of rotatable bonds is 9. The van der Waals surface area contributed by atoms with Crippen LogP contribution in [0.1, 0.15) is 56.7 Å². The number of hydrogen-bond donors (Lipinski definition) is 0. The van der Waals surface area contributed by atoms with Crippen molar-refractivity contribution < 1.29 is 4.39 Å². The molecule has 1 heterocycles. The van der Waals surface area contributed by atoms with Gasteiger partial charge >= 0.3 is 0 Å². The van der Waals surface area contributed by atoms with Crippen LogP contribution >= 0.6 is 11.8 Å². The number of hydrogen-bond acceptors (Lipinski definition) is 2. The Kier molecular flexibility index (Phi) is 8.29. The van der Waals surface area contributed by atoms with Crippen molar-refractivity contribution in [2.45, 2.75) is 65.3 Å². The summed E-state index contributed by atoms with van der Waals surface area (Å²) in [6.45, 7) is 5.18. The van der Waals surface area contributed by atoms with Crippen LogP contribution in [-0.4, -0.2) is 21.8 Å². The molecule has 3 aromatic rings. The molecule has 0 saturated heterocycles. The smallest absolute Gasteiger partial charge is 0.131 e. The SMILES string of the molecule is CCCC1CCC(Cn2nc(-c3ccccc3)c(-c3ccc(C)cc3F)c2CCSC)CC1. The highest BCUT2D eigenvalue weighted by Gasteiger charge is 2.26. The van der Waals surface area contributed by atoms with Gasteiger partial charge in [0.15, 0.2) is 0 Å². The van der Waals surface area contributed by atoms with Gasteiger partial charge < -0.3 is 0 Å². The molecule has 1 fully saturated rings. The molecule has 2 aromatic carbocycles. The molecule has 0 N–H and O–H groups in total. The van der Waals surface area contributed by atoms with E-state index in [1.807, 2.05) is 49.0 Å². The summed E-state index contributed by atoms with van der Waals surface area (Å²) in [6, 6.07) is 15.9. The Morgan fingerprint density at radius 1 is 1.03 bits per heavy atom. The van der Waals surface area contributed by atoms with Gasteiger partial charge in [0.2, 0.25) is 0 Å². The zero-order valence-corrected chi connectivity index (χ0v) is 21.1. The second kappa shape index (κ2) is 11.4. The van der Waals surface area contributed by atoms with Gasteiger partial charge in [-0.3, -0.25) is 4.68 Å². The molecule has 0 unspecified atom stereocenters. The van der Waals surface area contributed by atoms with Crippen molar-refractivity contribution in [3.63, 3.8) is 0 Å². The van der Waals surface area contributed by atoms with Gasteiger partial charge in [-0.2, -0.15) is 16.9 Å². The van der Waals surface area contributed by atoms with Gasteiger partial charge in [-0.05, 0) is 61.7 Å². The molecular weight excluding hydrogens is 427 g/mol. The maximum atomic E-state index is 15.3. The van der Waals surface area contributed by atoms with Gasteiger partial charge in [-0.1, -0.05) is 75.1 Å². The van der Waals surface area contributed by atoms with Crippen LogP contribution in [0.25, 0.3) is 22.4 Å². The monoisotopic (exact) mass is 464 g/mol. The molecule has 0 bridgehead atoms. The lowest BCUT2D eigenvalue weighted by Crippen LogP contribution is -2.21. The summed E-state index contributed by atoms with van der Waals surface area (Å²) in [7, 11) is 0. The highest BCUT2D eigenvalue weighted by Crippen LogP contribution is 2.39. The van der Waals surface area contributed by atoms with Crippen LogP contribution in [0.3, 0.4) is 0 Å². The van der Waals surface area contributed by atoms with E-state index in [4.69, 9.17) is 5.10 Å². The Balaban J connectivity index is 1.75. The topological polar surface area (TPSA) is 17.8 Å². The number of nitrogens with zero attached hydrogens (tertiary/aromatic N) is 2. The van der Waals surface area contributed by atoms with E-state index in [1.54, 1.807) is 6.07 Å². The third kappa shape index (κ3) is 5.71. The fourth-order valence-corrected chi connectivity index (χ4v) is 5.76. The third-order valence-corrected chi connectivity index (χ3v) is 7.75. The van der Waals surface area contributed by atoms with E-state index in [0.717, 1.165) is 47.0 Å². The molecule has 1 aromatic heterocycles. The summed E-state index contributed by atoms with van der Waals surface area (Å²) >= 11 is 1.84. The largest absolute Gasteiger partial charge is 0.268 e. The number of halogens is 1. The summed E-state index contributed by atoms with van der Waals surface area (Å²) < 4.78 is 17.5. The second-order valence-corrected chi connectivity index (χ2v) is 10.6. The predicted octanol–water partition coefficient (Wildman–Crippen LogP) is 8.18. The summed E-state index contributed by atoms with van der Waals surface area (Å²) in [5, 5.41) is 5.16. The maximum absolute atomic E-state index is 15.3. The molecule has 0 atom stereocenters. The average molecular weight is 465 g/mol. The average Bonchev–Trinajstić information content (AvgIpc) is 3.17. The molecule has 0 amide bonds. The minimum absolute atomic E-state index is 0.155. The van der Waals surface area contributed by atoms with E-state index in [0.29, 0.717) is 11.5 Å². The first-order valence-electron chi connectivity index (χ1n) is 12.5. The van der Waals surface area contributed by atoms with E-state index in [1.165, 1.54) is 44.2 Å². The van der Waals surface area contributed by atoms with E-state index in [-0.39, 0.29) is 5.82 Å². The van der Waals surface area contributed by atoms with E-state index >= 15 is 4.39 Å². The Labute approximate surface area is 203 Å². The van der Waals surface area contributed by atoms with Crippen molar-refractivity contribution in [2.24, 2.45) is 11.8 Å². The van der Waals surface area contributed by atoms with Crippen LogP contribution in [-0.2, 0) is 13.0 Å². The summed E-state index contributed by atoms with van der Waals surface area (Å²) in [4.78, 5) is 0. The number of benzene rings is 2. The van der Waals surface area contributed by atoms with Gasteiger partial charge in [0.25, 0.3) is 0 Å². The molecule has 33 heavy (non-hydrogen) atoms. The molecule has 4 heteroatoms. The van der Waals surface area contributed by atoms with Crippen molar-refractivity contribution in [3.05, 3.63) is 65.6 Å². The first-order chi connectivity index (χ1) is 16.1. The Morgan fingerprint density at radius 2 is 1.76 bits per heavy atom. The standard InChI is InChI=1S/C29H37FN2S/c1-4-8-22-12-14-23(15-13-22)20-32-27(17-18-33-3)28(25-16-11-21(2)19-26(25)30)29(31-32)24-9-6-5-7-10-24/h5-7,9-11,16,19,22-23H,4,8,12-15,17-18,20H2,1-3H3. The third-order valence-electron chi connectivity index (χ3n) is 7.14. The fourth-order valence-electron chi connectivity index (χ4n) is 5.36. The van der Waals surface area contributed by atoms with Crippen molar-refractivity contribution in [3.8, 4) is 22.4 Å². The van der Waals surface area contributed by atoms with Gasteiger partial charge in [0, 0.05) is 28.9 Å². The molecule has 4 rings (SSSR count). The molecule has 0 radical (unpaired) electrons. The zero-order valence-electron chi connectivity index (χ0n) is 20.3. The van der Waals surface area contributed by atoms with Crippen LogP contribution in [0.4, 0.5) is 4.39 Å². The fraction of sp³-hybridized carbons (Fsp3) is 0.483. The molecule has 2 nitrogen and oxygen atoms in total. The van der Waals surface area contributed by atoms with Crippen molar-refractivity contribution in [1.29, 1.82) is 0 Å². The summed E-state index contributed by atoms with van der Waals surface area (Å²) in [5.41, 5.74) is 5.75. The quantitative estimate of drug-likeness (QED) is 0.318. The van der Waals surface area contributed by atoms with E-state index in [9.17, 15) is 0 Å². The molecule has 0 spiro atoms. The van der Waals surface area contributed by atoms with Crippen LogP contribution in [0.2, 0.25) is 0 Å². The lowest BCUT2D eigenvalue weighted by atomic mass is 9.80. The zero-order chi connectivity index (χ0) is 23.2. The minimum Gasteiger partial charge on any atom is -0.268 e. The van der Waals surface area contributed by atoms with Crippen molar-refractivity contribution in [2.75, 3.05) is 12.0 Å². The first-order valence-corrected chi connectivity index (χ1v) is 13.9. The van der Waals surface area contributed by atoms with Gasteiger partial charge in [0.05, 0.1) is 0 Å². The van der Waals surface area contributed by atoms with Crippen LogP contribution < -0.4 is 0 Å². The predicted molar refractivity (Wildman–Crippen MR) is 140 cm³/mol. The number of thioether (sulfide) groups is 1. The van der Waals surface area contributed by atoms with Gasteiger partial charge in [-0.25, -0.2) is 4.39 Å². The molecule has 1 saturated carbocycles. The molecule has 1 aliphatic rings. The Hall–Kier alpha value is -2.07. The molecule has 0 aliphatic heterocycles. The van der Waals surface area contributed by atoms with Crippen LogP contribution in [0.5, 0.6) is 0 Å². The molecule has 1 aliphatic carbocycles. The Morgan fingerprint density at radius 3 is 2.42 bits per heavy atom. The van der Waals surface area contributed by atoms with E-state index in [2.05, 4.69) is 30.0 Å². The van der Waals surface area contributed by atoms with E-state index < -0.39 is 0 Å². The lowest BCUT2D eigenvalue weighted by Gasteiger charge is -2.28. The summed E-state index contributed by atoms with van der Waals surface area (Å²) in [6.07, 6.45) is 10.9. The number of aromatic nitrogens is 2. The summed E-state index contributed by atoms with van der Waals surface area (Å²) in [5.74, 6) is 2.41. The van der Waals surface area contributed by atoms with Crippen molar-refractivity contribution in [1.82, 2.24) is 9.78 Å². The lowest BCUT2D eigenvalue weighted by molar-refractivity contribution is 0.235. The van der Waals surface area contributed by atoms with Crippen molar-refractivity contribution >= 4 is 11.8 Å². The highest BCUT2D eigenvalue weighted by atomic mass is 32.2. The highest BCUT2D eigenvalue weighted by molar-refractivity contribution is 7.98. The number of aryl methyl sites for hydroxylation is 1. The van der Waals surface area contributed by atoms with Gasteiger partial charge in [-0.15, -0.1) is 0 Å². The first kappa shape index (κ1) is 24.1.